The summed E-state index contributed by atoms with van der Waals surface area (Å²) < 4.78 is 5.66. The molecule has 0 saturated carbocycles. The number of benzene rings is 3. The molecule has 2 aliphatic rings. The third-order valence-corrected chi connectivity index (χ3v) is 5.99. The number of carbonyl (C=O) groups excluding carboxylic acids is 2. The Labute approximate surface area is 181 Å². The Kier molecular flexibility index (Phi) is 5.16. The normalized spacial score (nSPS) is 14.1. The number of ether oxygens (including phenoxy) is 1. The molecule has 1 N–H and O–H groups in total. The number of rotatable bonds is 5. The SMILES string of the molecule is O=C(COc1ccc2c(c1)CCC2)Nc1ccc(C(=O)N2CCc3ccccc32)cc1. The van der Waals surface area contributed by atoms with Crippen LogP contribution in [0, 0.1) is 0 Å². The molecule has 0 fully saturated rings. The second-order valence-electron chi connectivity index (χ2n) is 8.03. The first-order valence-corrected chi connectivity index (χ1v) is 10.7. The second kappa shape index (κ2) is 8.26. The zero-order valence-electron chi connectivity index (χ0n) is 17.3. The van der Waals surface area contributed by atoms with Crippen LogP contribution in [0.1, 0.15) is 33.5 Å². The van der Waals surface area contributed by atoms with Gasteiger partial charge in [0.25, 0.3) is 11.8 Å². The van der Waals surface area contributed by atoms with Gasteiger partial charge < -0.3 is 15.0 Å². The predicted octanol–water partition coefficient (Wildman–Crippen LogP) is 4.40. The van der Waals surface area contributed by atoms with Crippen LogP contribution in [0.15, 0.2) is 66.7 Å². The van der Waals surface area contributed by atoms with E-state index in [0.717, 1.165) is 30.7 Å². The number of hydrogen-bond donors (Lipinski definition) is 1. The highest BCUT2D eigenvalue weighted by atomic mass is 16.5. The Morgan fingerprint density at radius 1 is 0.871 bits per heavy atom. The largest absolute Gasteiger partial charge is 0.484 e. The van der Waals surface area contributed by atoms with Crippen molar-refractivity contribution in [2.75, 3.05) is 23.4 Å². The summed E-state index contributed by atoms with van der Waals surface area (Å²) in [6.45, 7) is 0.640. The van der Waals surface area contributed by atoms with Gasteiger partial charge >= 0.3 is 0 Å². The highest BCUT2D eigenvalue weighted by Gasteiger charge is 2.25. The molecule has 5 nitrogen and oxygen atoms in total. The van der Waals surface area contributed by atoms with Crippen molar-refractivity contribution >= 4 is 23.2 Å². The predicted molar refractivity (Wildman–Crippen MR) is 121 cm³/mol. The Balaban J connectivity index is 1.18. The van der Waals surface area contributed by atoms with Gasteiger partial charge in [-0.2, -0.15) is 0 Å². The third-order valence-electron chi connectivity index (χ3n) is 5.99. The van der Waals surface area contributed by atoms with E-state index in [1.807, 2.05) is 35.2 Å². The molecule has 1 aliphatic carbocycles. The van der Waals surface area contributed by atoms with E-state index in [1.54, 1.807) is 24.3 Å². The van der Waals surface area contributed by atoms with Crippen LogP contribution in [0.5, 0.6) is 5.75 Å². The van der Waals surface area contributed by atoms with Crippen LogP contribution < -0.4 is 15.0 Å². The summed E-state index contributed by atoms with van der Waals surface area (Å²) in [6, 6.07) is 21.0. The van der Waals surface area contributed by atoms with Crippen molar-refractivity contribution in [3.05, 3.63) is 89.0 Å². The van der Waals surface area contributed by atoms with Crippen molar-refractivity contribution in [2.24, 2.45) is 0 Å². The van der Waals surface area contributed by atoms with E-state index < -0.39 is 0 Å². The maximum atomic E-state index is 12.9. The maximum Gasteiger partial charge on any atom is 0.262 e. The van der Waals surface area contributed by atoms with Gasteiger partial charge in [-0.3, -0.25) is 9.59 Å². The molecule has 0 radical (unpaired) electrons. The first-order chi connectivity index (χ1) is 15.2. The highest BCUT2D eigenvalue weighted by molar-refractivity contribution is 6.07. The summed E-state index contributed by atoms with van der Waals surface area (Å²) >= 11 is 0. The molecule has 156 valence electrons. The number of nitrogens with one attached hydrogen (secondary N) is 1. The minimum Gasteiger partial charge on any atom is -0.484 e. The van der Waals surface area contributed by atoms with Gasteiger partial charge in [0, 0.05) is 23.5 Å². The second-order valence-corrected chi connectivity index (χ2v) is 8.03. The third kappa shape index (κ3) is 4.04. The van der Waals surface area contributed by atoms with Crippen molar-refractivity contribution in [1.29, 1.82) is 0 Å². The van der Waals surface area contributed by atoms with Crippen molar-refractivity contribution in [3.8, 4) is 5.75 Å². The van der Waals surface area contributed by atoms with Crippen LogP contribution in [-0.2, 0) is 24.1 Å². The molecular weight excluding hydrogens is 388 g/mol. The number of anilines is 2. The Hall–Kier alpha value is -3.60. The zero-order chi connectivity index (χ0) is 21.2. The van der Waals surface area contributed by atoms with Crippen molar-refractivity contribution in [1.82, 2.24) is 0 Å². The lowest BCUT2D eigenvalue weighted by Crippen LogP contribution is -2.28. The fourth-order valence-electron chi connectivity index (χ4n) is 4.39. The molecule has 3 aromatic rings. The standard InChI is InChI=1S/C26H24N2O3/c29-25(17-31-23-13-10-18-5-3-6-21(18)16-23)27-22-11-8-20(9-12-22)26(30)28-15-14-19-4-1-2-7-24(19)28/h1-2,4,7-13,16H,3,5-6,14-15,17H2,(H,27,29). The molecule has 0 atom stereocenters. The number of aryl methyl sites for hydroxylation is 2. The molecule has 1 heterocycles. The Morgan fingerprint density at radius 2 is 1.68 bits per heavy atom. The molecule has 5 heteroatoms. The lowest BCUT2D eigenvalue weighted by molar-refractivity contribution is -0.118. The van der Waals surface area contributed by atoms with Gasteiger partial charge in [0.1, 0.15) is 5.75 Å². The fraction of sp³-hybridized carbons (Fsp3) is 0.231. The summed E-state index contributed by atoms with van der Waals surface area (Å²) in [5.41, 5.74) is 6.12. The number of nitrogens with zero attached hydrogens (tertiary/aromatic N) is 1. The molecule has 0 bridgehead atoms. The average Bonchev–Trinajstić information content (AvgIpc) is 3.44. The highest BCUT2D eigenvalue weighted by Crippen LogP contribution is 2.29. The number of hydrogen-bond acceptors (Lipinski definition) is 3. The van der Waals surface area contributed by atoms with E-state index >= 15 is 0 Å². The zero-order valence-corrected chi connectivity index (χ0v) is 17.3. The molecule has 5 rings (SSSR count). The van der Waals surface area contributed by atoms with E-state index in [-0.39, 0.29) is 18.4 Å². The van der Waals surface area contributed by atoms with Crippen LogP contribution >= 0.6 is 0 Å². The summed E-state index contributed by atoms with van der Waals surface area (Å²) in [7, 11) is 0. The van der Waals surface area contributed by atoms with Crippen LogP contribution in [0.3, 0.4) is 0 Å². The van der Waals surface area contributed by atoms with Gasteiger partial charge in [0.2, 0.25) is 0 Å². The first kappa shape index (κ1) is 19.4. The molecule has 0 unspecified atom stereocenters. The van der Waals surface area contributed by atoms with E-state index in [9.17, 15) is 9.59 Å². The van der Waals surface area contributed by atoms with Crippen LogP contribution in [0.2, 0.25) is 0 Å². The molecular formula is C26H24N2O3. The Bertz CT molecular complexity index is 1140. The molecule has 3 aromatic carbocycles. The molecule has 0 aromatic heterocycles. The van der Waals surface area contributed by atoms with Crippen molar-refractivity contribution < 1.29 is 14.3 Å². The van der Waals surface area contributed by atoms with Gasteiger partial charge in [0.15, 0.2) is 6.61 Å². The minimum atomic E-state index is -0.229. The van der Waals surface area contributed by atoms with Crippen molar-refractivity contribution in [3.63, 3.8) is 0 Å². The van der Waals surface area contributed by atoms with Crippen molar-refractivity contribution in [2.45, 2.75) is 25.7 Å². The van der Waals surface area contributed by atoms with Gasteiger partial charge in [-0.1, -0.05) is 24.3 Å². The Morgan fingerprint density at radius 3 is 2.55 bits per heavy atom. The summed E-state index contributed by atoms with van der Waals surface area (Å²) in [5, 5.41) is 2.83. The lowest BCUT2D eigenvalue weighted by atomic mass is 10.1. The number of fused-ring (bicyclic) bond motifs is 2. The number of para-hydroxylation sites is 1. The summed E-state index contributed by atoms with van der Waals surface area (Å²) in [4.78, 5) is 27.0. The average molecular weight is 412 g/mol. The van der Waals surface area contributed by atoms with E-state index in [1.165, 1.54) is 23.1 Å². The van der Waals surface area contributed by atoms with E-state index in [2.05, 4.69) is 17.4 Å². The van der Waals surface area contributed by atoms with Gasteiger partial charge in [-0.05, 0) is 84.8 Å². The monoisotopic (exact) mass is 412 g/mol. The summed E-state index contributed by atoms with van der Waals surface area (Å²) in [5.74, 6) is 0.471. The smallest absolute Gasteiger partial charge is 0.262 e. The van der Waals surface area contributed by atoms with Gasteiger partial charge in [-0.25, -0.2) is 0 Å². The van der Waals surface area contributed by atoms with Gasteiger partial charge in [-0.15, -0.1) is 0 Å². The molecule has 2 amide bonds. The maximum absolute atomic E-state index is 12.9. The number of carbonyl (C=O) groups is 2. The van der Waals surface area contributed by atoms with Crippen LogP contribution in [-0.4, -0.2) is 25.0 Å². The van der Waals surface area contributed by atoms with Crippen LogP contribution in [0.4, 0.5) is 11.4 Å². The number of amides is 2. The van der Waals surface area contributed by atoms with Crippen LogP contribution in [0.25, 0.3) is 0 Å². The molecule has 0 spiro atoms. The fourth-order valence-corrected chi connectivity index (χ4v) is 4.39. The molecule has 1 aliphatic heterocycles. The first-order valence-electron chi connectivity index (χ1n) is 10.7. The van der Waals surface area contributed by atoms with E-state index in [0.29, 0.717) is 17.8 Å². The lowest BCUT2D eigenvalue weighted by Gasteiger charge is -2.17. The molecule has 0 saturated heterocycles. The minimum absolute atomic E-state index is 0.0252. The molecule has 31 heavy (non-hydrogen) atoms. The summed E-state index contributed by atoms with van der Waals surface area (Å²) in [6.07, 6.45) is 4.26. The van der Waals surface area contributed by atoms with E-state index in [4.69, 9.17) is 4.74 Å². The topological polar surface area (TPSA) is 58.6 Å². The quantitative estimate of drug-likeness (QED) is 0.676. The van der Waals surface area contributed by atoms with Gasteiger partial charge in [0.05, 0.1) is 0 Å².